The number of fused-ring (bicyclic) bond motifs is 2. The molecule has 5 aromatic rings. The summed E-state index contributed by atoms with van der Waals surface area (Å²) in [5.74, 6) is -1.03. The Morgan fingerprint density at radius 1 is 0.422 bits per heavy atom. The fraction of sp³-hybridized carbons (Fsp3) is 0.556. The molecule has 7 rings (SSSR count). The van der Waals surface area contributed by atoms with Gasteiger partial charge in [-0.3, -0.25) is 29.0 Å². The van der Waals surface area contributed by atoms with Gasteiger partial charge in [-0.25, -0.2) is 0 Å². The lowest BCUT2D eigenvalue weighted by Crippen LogP contribution is -2.48. The highest BCUT2D eigenvalue weighted by Crippen LogP contribution is 2.52. The van der Waals surface area contributed by atoms with E-state index in [9.17, 15) is 10.2 Å². The Morgan fingerprint density at radius 3 is 1.02 bits per heavy atom. The summed E-state index contributed by atoms with van der Waals surface area (Å²) in [6, 6.07) is 6.72. The Morgan fingerprint density at radius 2 is 0.719 bits per heavy atom. The molecule has 0 unspecified atom stereocenters. The minimum atomic E-state index is -0.468. The molecule has 2 aliphatic rings. The minimum absolute atomic E-state index is 0.275. The normalized spacial score (nSPS) is 14.1. The second-order valence-corrected chi connectivity index (χ2v) is 18.4. The fourth-order valence-corrected chi connectivity index (χ4v) is 11.0. The van der Waals surface area contributed by atoms with Crippen LogP contribution in [0.2, 0.25) is 0 Å². The van der Waals surface area contributed by atoms with Crippen LogP contribution in [0.5, 0.6) is 11.5 Å². The van der Waals surface area contributed by atoms with E-state index in [4.69, 9.17) is 9.47 Å². The van der Waals surface area contributed by atoms with Gasteiger partial charge in [-0.15, -0.1) is 0 Å². The fourth-order valence-electron chi connectivity index (χ4n) is 11.0. The number of carbonyl (C=O) groups is 4. The molecule has 0 aliphatic carbocycles. The van der Waals surface area contributed by atoms with Gasteiger partial charge >= 0.3 is 0 Å². The van der Waals surface area contributed by atoms with Crippen LogP contribution in [-0.4, -0.2) is 69.9 Å². The number of aliphatic hydroxyl groups is 2. The molecule has 0 saturated carbocycles. The predicted molar refractivity (Wildman–Crippen MR) is 256 cm³/mol. The first-order chi connectivity index (χ1) is 31.2. The molecular weight excluding hydrogens is 805 g/mol. The maximum Gasteiger partial charge on any atom is 0.265 e. The number of imide groups is 2. The molecule has 4 amide bonds. The first-order valence-electron chi connectivity index (χ1n) is 24.6. The Kier molecular flexibility index (Phi) is 15.5. The van der Waals surface area contributed by atoms with Gasteiger partial charge in [0.2, 0.25) is 0 Å². The molecule has 10 heteroatoms. The van der Waals surface area contributed by atoms with Crippen molar-refractivity contribution >= 4 is 66.7 Å². The zero-order chi connectivity index (χ0) is 45.7. The molecule has 64 heavy (non-hydrogen) atoms. The molecule has 0 atom stereocenters. The number of ether oxygens (including phenoxy) is 2. The lowest BCUT2D eigenvalue weighted by atomic mass is 9.78. The van der Waals surface area contributed by atoms with E-state index in [1.54, 1.807) is 0 Å². The van der Waals surface area contributed by atoms with E-state index >= 15 is 19.2 Å². The highest BCUT2D eigenvalue weighted by atomic mass is 16.5. The standard InChI is InChI=1S/C54H70N2O8/c1-7-11-15-19-23-35(24-20-16-12-8-2)55-51(59)43-33(31-57)27-37-39-29-41(63-5)47-50-46(39)40(38-28-34(32-58)44(52(55)60)49(43)45(37)38)30-42(64-6)48(50)54(62)56(53(47)61)36(25-21-17-13-9-3)26-22-18-14-10-4/h27-30,35-36,57-58H,7-26,31-32H2,1-6H3. The number of nitrogens with zero attached hydrogens (tertiary/aromatic N) is 2. The predicted octanol–water partition coefficient (Wildman–Crippen LogP) is 12.5. The Labute approximate surface area is 379 Å². The molecule has 344 valence electrons. The number of rotatable bonds is 26. The van der Waals surface area contributed by atoms with Crippen molar-refractivity contribution in [2.75, 3.05) is 14.2 Å². The van der Waals surface area contributed by atoms with Crippen molar-refractivity contribution < 1.29 is 38.9 Å². The lowest BCUT2D eigenvalue weighted by Gasteiger charge is -2.37. The van der Waals surface area contributed by atoms with E-state index in [2.05, 4.69) is 27.7 Å². The lowest BCUT2D eigenvalue weighted by molar-refractivity contribution is 0.0497. The van der Waals surface area contributed by atoms with E-state index in [1.165, 1.54) is 24.0 Å². The Balaban J connectivity index is 1.47. The van der Waals surface area contributed by atoms with Gasteiger partial charge in [0.15, 0.2) is 0 Å². The molecule has 0 aromatic heterocycles. The van der Waals surface area contributed by atoms with Crippen LogP contribution >= 0.6 is 0 Å². The van der Waals surface area contributed by atoms with Crippen molar-refractivity contribution in [3.63, 3.8) is 0 Å². The summed E-state index contributed by atoms with van der Waals surface area (Å²) < 4.78 is 12.2. The van der Waals surface area contributed by atoms with Crippen molar-refractivity contribution in [2.45, 2.75) is 181 Å². The highest BCUT2D eigenvalue weighted by molar-refractivity contribution is 6.42. The summed E-state index contributed by atoms with van der Waals surface area (Å²) in [6.45, 7) is 7.73. The third-order valence-corrected chi connectivity index (χ3v) is 14.3. The first kappa shape index (κ1) is 47.2. The molecule has 2 aliphatic heterocycles. The molecule has 2 N–H and O–H groups in total. The molecule has 0 radical (unpaired) electrons. The summed E-state index contributed by atoms with van der Waals surface area (Å²) >= 11 is 0. The molecule has 0 spiro atoms. The zero-order valence-electron chi connectivity index (χ0n) is 39.3. The van der Waals surface area contributed by atoms with Crippen molar-refractivity contribution in [3.8, 4) is 11.5 Å². The van der Waals surface area contributed by atoms with Gasteiger partial charge in [0.05, 0.1) is 49.7 Å². The van der Waals surface area contributed by atoms with Crippen LogP contribution in [0.4, 0.5) is 0 Å². The number of methoxy groups -OCH3 is 2. The molecule has 0 saturated heterocycles. The third kappa shape index (κ3) is 8.34. The maximum atomic E-state index is 15.1. The quantitative estimate of drug-likeness (QED) is 0.0243. The number of carbonyl (C=O) groups excluding carboxylic acids is 4. The van der Waals surface area contributed by atoms with Gasteiger partial charge in [-0.1, -0.05) is 130 Å². The third-order valence-electron chi connectivity index (χ3n) is 14.3. The van der Waals surface area contributed by atoms with E-state index in [0.29, 0.717) is 103 Å². The number of unbranched alkanes of at least 4 members (excludes halogenated alkanes) is 12. The summed E-state index contributed by atoms with van der Waals surface area (Å²) in [5, 5.41) is 27.0. The highest BCUT2D eigenvalue weighted by Gasteiger charge is 2.44. The van der Waals surface area contributed by atoms with Crippen LogP contribution in [-0.2, 0) is 13.2 Å². The topological polar surface area (TPSA) is 134 Å². The van der Waals surface area contributed by atoms with E-state index < -0.39 is 36.8 Å². The van der Waals surface area contributed by atoms with Crippen LogP contribution in [0.1, 0.15) is 209 Å². The monoisotopic (exact) mass is 875 g/mol. The Bertz CT molecular complexity index is 2190. The molecule has 2 heterocycles. The number of benzene rings is 5. The summed E-state index contributed by atoms with van der Waals surface area (Å²) in [7, 11) is 3.05. The maximum absolute atomic E-state index is 15.1. The van der Waals surface area contributed by atoms with E-state index in [-0.39, 0.29) is 23.2 Å². The van der Waals surface area contributed by atoms with Crippen LogP contribution in [0.15, 0.2) is 24.3 Å². The van der Waals surface area contributed by atoms with Crippen LogP contribution < -0.4 is 9.47 Å². The van der Waals surface area contributed by atoms with Gasteiger partial charge in [0, 0.05) is 22.9 Å². The van der Waals surface area contributed by atoms with E-state index in [0.717, 1.165) is 103 Å². The molecule has 0 bridgehead atoms. The van der Waals surface area contributed by atoms with Gasteiger partial charge in [-0.2, -0.15) is 0 Å². The number of hydrogen-bond donors (Lipinski definition) is 2. The molecule has 5 aromatic carbocycles. The van der Waals surface area contributed by atoms with Crippen LogP contribution in [0.3, 0.4) is 0 Å². The Hall–Kier alpha value is -4.80. The van der Waals surface area contributed by atoms with Crippen LogP contribution in [0.25, 0.3) is 43.1 Å². The zero-order valence-corrected chi connectivity index (χ0v) is 39.3. The van der Waals surface area contributed by atoms with Crippen molar-refractivity contribution in [1.82, 2.24) is 9.80 Å². The molecule has 0 fully saturated rings. The summed E-state index contributed by atoms with van der Waals surface area (Å²) in [6.07, 6.45) is 19.1. The second kappa shape index (κ2) is 21.0. The van der Waals surface area contributed by atoms with Gasteiger partial charge in [0.1, 0.15) is 11.5 Å². The average Bonchev–Trinajstić information content (AvgIpc) is 3.30. The average molecular weight is 875 g/mol. The van der Waals surface area contributed by atoms with E-state index in [1.807, 2.05) is 24.3 Å². The number of amides is 4. The summed E-state index contributed by atoms with van der Waals surface area (Å²) in [5.41, 5.74) is 1.89. The molecular formula is C54H70N2O8. The van der Waals surface area contributed by atoms with Gasteiger partial charge in [0.25, 0.3) is 23.6 Å². The second-order valence-electron chi connectivity index (χ2n) is 18.4. The number of hydrogen-bond acceptors (Lipinski definition) is 8. The van der Waals surface area contributed by atoms with Crippen LogP contribution in [0, 0.1) is 0 Å². The SMILES string of the molecule is CCCCCCC(CCCCCC)N1C(=O)c2c(CO)cc3c4cc(OC)c5c6c(c(OC)cc(c7cc(CO)c(c2c37)C1=O)c64)C(=O)N(C(CCCCCC)CCCCCC)C5=O. The van der Waals surface area contributed by atoms with Crippen molar-refractivity contribution in [3.05, 3.63) is 57.6 Å². The van der Waals surface area contributed by atoms with Crippen molar-refractivity contribution in [2.24, 2.45) is 0 Å². The van der Waals surface area contributed by atoms with Gasteiger partial charge in [-0.05, 0) is 93.4 Å². The van der Waals surface area contributed by atoms with Gasteiger partial charge < -0.3 is 19.7 Å². The van der Waals surface area contributed by atoms with Crippen molar-refractivity contribution in [1.29, 1.82) is 0 Å². The number of aliphatic hydroxyl groups excluding tert-OH is 2. The molecule has 10 nitrogen and oxygen atoms in total. The largest absolute Gasteiger partial charge is 0.496 e. The first-order valence-corrected chi connectivity index (χ1v) is 24.6. The minimum Gasteiger partial charge on any atom is -0.496 e. The summed E-state index contributed by atoms with van der Waals surface area (Å²) in [4.78, 5) is 63.3. The smallest absolute Gasteiger partial charge is 0.265 e.